The van der Waals surface area contributed by atoms with Crippen molar-refractivity contribution in [3.63, 3.8) is 0 Å². The van der Waals surface area contributed by atoms with Crippen LogP contribution in [0, 0.1) is 0 Å². The lowest BCUT2D eigenvalue weighted by atomic mass is 9.87. The Labute approximate surface area is 180 Å². The van der Waals surface area contributed by atoms with E-state index in [9.17, 15) is 14.4 Å². The molecule has 0 saturated heterocycles. The number of rotatable bonds is 4. The standard InChI is InChI=1S/C24H26O7/c1-7-13(3)22(26)29-20-18-16(11-9-15-10-12-17(25)28-19(15)18)31-24(5,6)21(20)30-23(27)14(4)8-2/h7-12,20-21H,1-6H3/b13-7+,14-8+/t20-,21+/m1/s1. The predicted octanol–water partition coefficient (Wildman–Crippen LogP) is 4.39. The van der Waals surface area contributed by atoms with Gasteiger partial charge >= 0.3 is 17.6 Å². The van der Waals surface area contributed by atoms with E-state index in [4.69, 9.17) is 18.6 Å². The van der Waals surface area contributed by atoms with E-state index in [0.717, 1.165) is 0 Å². The highest BCUT2D eigenvalue weighted by molar-refractivity contribution is 5.90. The van der Waals surface area contributed by atoms with Crippen LogP contribution in [0.2, 0.25) is 0 Å². The van der Waals surface area contributed by atoms with Crippen LogP contribution in [0.5, 0.6) is 5.75 Å². The molecule has 164 valence electrons. The van der Waals surface area contributed by atoms with Gasteiger partial charge in [0.1, 0.15) is 16.9 Å². The number of ether oxygens (including phenoxy) is 3. The zero-order valence-corrected chi connectivity index (χ0v) is 18.5. The lowest BCUT2D eigenvalue weighted by molar-refractivity contribution is -0.185. The molecule has 0 amide bonds. The van der Waals surface area contributed by atoms with Crippen LogP contribution in [0.25, 0.3) is 11.0 Å². The Kier molecular flexibility index (Phi) is 6.06. The molecule has 0 fully saturated rings. The summed E-state index contributed by atoms with van der Waals surface area (Å²) < 4.78 is 23.2. The highest BCUT2D eigenvalue weighted by Gasteiger charge is 2.50. The fourth-order valence-corrected chi connectivity index (χ4v) is 3.33. The Morgan fingerprint density at radius 3 is 2.16 bits per heavy atom. The normalized spacial score (nSPS) is 20.6. The van der Waals surface area contributed by atoms with Gasteiger partial charge in [0.15, 0.2) is 12.2 Å². The summed E-state index contributed by atoms with van der Waals surface area (Å²) in [5.41, 5.74) is -0.224. The highest BCUT2D eigenvalue weighted by atomic mass is 16.6. The molecule has 1 aliphatic heterocycles. The maximum absolute atomic E-state index is 12.7. The zero-order valence-electron chi connectivity index (χ0n) is 18.5. The first kappa shape index (κ1) is 22.3. The molecule has 1 aromatic carbocycles. The van der Waals surface area contributed by atoms with E-state index in [-0.39, 0.29) is 5.58 Å². The number of benzene rings is 1. The van der Waals surface area contributed by atoms with E-state index in [2.05, 4.69) is 0 Å². The summed E-state index contributed by atoms with van der Waals surface area (Å²) in [6.07, 6.45) is 1.21. The Bertz CT molecular complexity index is 1150. The van der Waals surface area contributed by atoms with Crippen LogP contribution in [0.1, 0.15) is 53.2 Å². The first-order valence-electron chi connectivity index (χ1n) is 10.0. The summed E-state index contributed by atoms with van der Waals surface area (Å²) >= 11 is 0. The monoisotopic (exact) mass is 426 g/mol. The fourth-order valence-electron chi connectivity index (χ4n) is 3.33. The molecule has 1 aliphatic rings. The number of hydrogen-bond donors (Lipinski definition) is 0. The van der Waals surface area contributed by atoms with Crippen molar-refractivity contribution in [1.29, 1.82) is 0 Å². The Morgan fingerprint density at radius 1 is 0.968 bits per heavy atom. The van der Waals surface area contributed by atoms with Gasteiger partial charge in [0.05, 0.1) is 5.56 Å². The molecule has 2 heterocycles. The second-order valence-electron chi connectivity index (χ2n) is 7.95. The van der Waals surface area contributed by atoms with E-state index in [1.54, 1.807) is 71.9 Å². The SMILES string of the molecule is C/C=C(\C)C(=O)O[C@@H]1c2c(ccc3ccc(=O)oc23)OC(C)(C)[C@H]1OC(=O)/C(C)=C/C. The van der Waals surface area contributed by atoms with Crippen LogP contribution in [0.4, 0.5) is 0 Å². The van der Waals surface area contributed by atoms with Crippen molar-refractivity contribution in [1.82, 2.24) is 0 Å². The summed E-state index contributed by atoms with van der Waals surface area (Å²) in [7, 11) is 0. The van der Waals surface area contributed by atoms with Crippen LogP contribution < -0.4 is 10.4 Å². The third-order valence-electron chi connectivity index (χ3n) is 5.38. The second kappa shape index (κ2) is 8.41. The van der Waals surface area contributed by atoms with E-state index < -0.39 is 35.4 Å². The van der Waals surface area contributed by atoms with Crippen LogP contribution in [0.3, 0.4) is 0 Å². The quantitative estimate of drug-likeness (QED) is 0.407. The first-order valence-corrected chi connectivity index (χ1v) is 10.0. The predicted molar refractivity (Wildman–Crippen MR) is 115 cm³/mol. The molecule has 0 saturated carbocycles. The average molecular weight is 426 g/mol. The summed E-state index contributed by atoms with van der Waals surface area (Å²) in [5, 5.41) is 0.625. The van der Waals surface area contributed by atoms with E-state index in [0.29, 0.717) is 27.8 Å². The maximum atomic E-state index is 12.7. The van der Waals surface area contributed by atoms with Crippen LogP contribution >= 0.6 is 0 Å². The molecule has 7 nitrogen and oxygen atoms in total. The van der Waals surface area contributed by atoms with Crippen molar-refractivity contribution in [2.24, 2.45) is 0 Å². The molecule has 0 bridgehead atoms. The van der Waals surface area contributed by atoms with Crippen molar-refractivity contribution in [3.05, 3.63) is 63.5 Å². The molecule has 0 N–H and O–H groups in total. The Hall–Kier alpha value is -3.35. The van der Waals surface area contributed by atoms with Gasteiger partial charge in [-0.25, -0.2) is 14.4 Å². The van der Waals surface area contributed by atoms with Gasteiger partial charge in [0.2, 0.25) is 0 Å². The van der Waals surface area contributed by atoms with Gasteiger partial charge in [0, 0.05) is 22.6 Å². The molecule has 3 rings (SSSR count). The third kappa shape index (κ3) is 4.26. The van der Waals surface area contributed by atoms with Gasteiger partial charge in [0.25, 0.3) is 0 Å². The largest absolute Gasteiger partial charge is 0.483 e. The summed E-state index contributed by atoms with van der Waals surface area (Å²) in [5.74, 6) is -0.744. The van der Waals surface area contributed by atoms with E-state index in [1.165, 1.54) is 6.07 Å². The van der Waals surface area contributed by atoms with Crippen molar-refractivity contribution in [2.75, 3.05) is 0 Å². The van der Waals surface area contributed by atoms with Crippen molar-refractivity contribution < 1.29 is 28.2 Å². The van der Waals surface area contributed by atoms with Gasteiger partial charge < -0.3 is 18.6 Å². The third-order valence-corrected chi connectivity index (χ3v) is 5.38. The van der Waals surface area contributed by atoms with Gasteiger partial charge in [-0.15, -0.1) is 0 Å². The number of hydrogen-bond acceptors (Lipinski definition) is 7. The fraction of sp³-hybridized carbons (Fsp3) is 0.375. The van der Waals surface area contributed by atoms with Gasteiger partial charge in [-0.05, 0) is 59.7 Å². The molecule has 31 heavy (non-hydrogen) atoms. The number of carbonyl (C=O) groups is 2. The summed E-state index contributed by atoms with van der Waals surface area (Å²) in [6.45, 7) is 10.2. The smallest absolute Gasteiger partial charge is 0.336 e. The number of fused-ring (bicyclic) bond motifs is 3. The first-order chi connectivity index (χ1) is 14.6. The number of carbonyl (C=O) groups excluding carboxylic acids is 2. The molecule has 0 aliphatic carbocycles. The lowest BCUT2D eigenvalue weighted by Crippen LogP contribution is -2.52. The van der Waals surface area contributed by atoms with Gasteiger partial charge in [-0.2, -0.15) is 0 Å². The van der Waals surface area contributed by atoms with Gasteiger partial charge in [-0.1, -0.05) is 12.2 Å². The summed E-state index contributed by atoms with van der Waals surface area (Å²) in [6, 6.07) is 6.39. The minimum Gasteiger partial charge on any atom is -0.483 e. The minimum absolute atomic E-state index is 0.222. The number of allylic oxidation sites excluding steroid dienone is 2. The maximum Gasteiger partial charge on any atom is 0.336 e. The molecule has 7 heteroatoms. The van der Waals surface area contributed by atoms with Crippen molar-refractivity contribution >= 4 is 22.9 Å². The zero-order chi connectivity index (χ0) is 22.9. The Morgan fingerprint density at radius 2 is 1.55 bits per heavy atom. The molecule has 2 atom stereocenters. The molecule has 0 spiro atoms. The van der Waals surface area contributed by atoms with E-state index >= 15 is 0 Å². The topological polar surface area (TPSA) is 92.0 Å². The van der Waals surface area contributed by atoms with Crippen LogP contribution in [-0.2, 0) is 19.1 Å². The van der Waals surface area contributed by atoms with Crippen LogP contribution in [0.15, 0.2) is 56.8 Å². The minimum atomic E-state index is -1.05. The van der Waals surface area contributed by atoms with Gasteiger partial charge in [-0.3, -0.25) is 0 Å². The van der Waals surface area contributed by atoms with Crippen molar-refractivity contribution in [3.8, 4) is 5.75 Å². The summed E-state index contributed by atoms with van der Waals surface area (Å²) in [4.78, 5) is 37.3. The highest BCUT2D eigenvalue weighted by Crippen LogP contribution is 2.46. The molecule has 1 aromatic heterocycles. The molecule has 0 radical (unpaired) electrons. The molecule has 2 aromatic rings. The molecule has 0 unspecified atom stereocenters. The average Bonchev–Trinajstić information content (AvgIpc) is 2.73. The lowest BCUT2D eigenvalue weighted by Gasteiger charge is -2.43. The molecular weight excluding hydrogens is 400 g/mol. The van der Waals surface area contributed by atoms with Crippen molar-refractivity contribution in [2.45, 2.75) is 59.4 Å². The number of esters is 2. The van der Waals surface area contributed by atoms with Crippen LogP contribution in [-0.4, -0.2) is 23.6 Å². The van der Waals surface area contributed by atoms with E-state index in [1.807, 2.05) is 0 Å². The second-order valence-corrected chi connectivity index (χ2v) is 7.95. The molecular formula is C24H26O7. The Balaban J connectivity index is 2.23.